The van der Waals surface area contributed by atoms with E-state index < -0.39 is 0 Å². The van der Waals surface area contributed by atoms with Gasteiger partial charge in [-0.2, -0.15) is 0 Å². The molecule has 3 heterocycles. The van der Waals surface area contributed by atoms with Crippen LogP contribution in [0.5, 0.6) is 0 Å². The summed E-state index contributed by atoms with van der Waals surface area (Å²) in [5.41, 5.74) is 8.16. The number of furan rings is 2. The zero-order valence-corrected chi connectivity index (χ0v) is 29.9. The lowest BCUT2D eigenvalue weighted by Gasteiger charge is -2.12. The maximum atomic E-state index is 6.51. The number of para-hydroxylation sites is 1. The summed E-state index contributed by atoms with van der Waals surface area (Å²) in [4.78, 5) is 15.2. The number of rotatable bonds is 4. The smallest absolute Gasteiger partial charge is 0.164 e. The monoisotopic (exact) mass is 715 g/mol. The number of fused-ring (bicyclic) bond motifs is 12. The summed E-state index contributed by atoms with van der Waals surface area (Å²) < 4.78 is 12.8. The van der Waals surface area contributed by atoms with Crippen LogP contribution >= 0.6 is 0 Å². The van der Waals surface area contributed by atoms with Crippen molar-refractivity contribution >= 4 is 76.2 Å². The van der Waals surface area contributed by atoms with E-state index in [2.05, 4.69) is 103 Å². The van der Waals surface area contributed by atoms with Gasteiger partial charge in [0.2, 0.25) is 0 Å². The summed E-state index contributed by atoms with van der Waals surface area (Å²) in [6.45, 7) is 0. The van der Waals surface area contributed by atoms with Crippen molar-refractivity contribution in [2.45, 2.75) is 0 Å². The van der Waals surface area contributed by atoms with E-state index in [1.165, 1.54) is 32.3 Å². The average molecular weight is 716 g/mol. The van der Waals surface area contributed by atoms with Gasteiger partial charge in [-0.05, 0) is 92.0 Å². The molecule has 0 bridgehead atoms. The Labute approximate surface area is 320 Å². The standard InChI is InChI=1S/C51H29N3O2/c1-2-11-30(12-3-1)49-52-50(54-51(53-49)33-22-25-41-40-17-8-9-19-44(40)56-47(41)29-33)32-23-26-45-43(28-32)48-34(18-10-20-46(48)55-45)31-21-24-39-37-15-5-4-13-35(37)36-14-6-7-16-38(36)42(39)27-31/h1-29H. The van der Waals surface area contributed by atoms with Gasteiger partial charge in [-0.1, -0.05) is 127 Å². The molecule has 5 heteroatoms. The molecule has 12 aromatic rings. The van der Waals surface area contributed by atoms with Gasteiger partial charge in [0.15, 0.2) is 17.5 Å². The van der Waals surface area contributed by atoms with Gasteiger partial charge in [0.25, 0.3) is 0 Å². The van der Waals surface area contributed by atoms with Gasteiger partial charge in [-0.25, -0.2) is 15.0 Å². The molecule has 0 aliphatic heterocycles. The first-order chi connectivity index (χ1) is 27.7. The molecule has 0 radical (unpaired) electrons. The highest BCUT2D eigenvalue weighted by Gasteiger charge is 2.18. The molecule has 260 valence electrons. The van der Waals surface area contributed by atoms with Crippen LogP contribution in [0.1, 0.15) is 0 Å². The summed E-state index contributed by atoms with van der Waals surface area (Å²) in [7, 11) is 0. The first kappa shape index (κ1) is 30.8. The summed E-state index contributed by atoms with van der Waals surface area (Å²) in [5, 5.41) is 11.7. The second kappa shape index (κ2) is 11.9. The molecule has 0 unspecified atom stereocenters. The van der Waals surface area contributed by atoms with Gasteiger partial charge < -0.3 is 8.83 Å². The Balaban J connectivity index is 1.05. The van der Waals surface area contributed by atoms with Gasteiger partial charge in [-0.3, -0.25) is 0 Å². The number of hydrogen-bond donors (Lipinski definition) is 0. The van der Waals surface area contributed by atoms with Crippen LogP contribution in [0.15, 0.2) is 185 Å². The fraction of sp³-hybridized carbons (Fsp3) is 0. The van der Waals surface area contributed by atoms with E-state index in [-0.39, 0.29) is 0 Å². The number of benzene rings is 9. The second-order valence-corrected chi connectivity index (χ2v) is 14.3. The molecule has 0 amide bonds. The summed E-state index contributed by atoms with van der Waals surface area (Å²) in [6.07, 6.45) is 0. The largest absolute Gasteiger partial charge is 0.456 e. The van der Waals surface area contributed by atoms with Crippen molar-refractivity contribution < 1.29 is 8.83 Å². The molecular formula is C51H29N3O2. The van der Waals surface area contributed by atoms with Crippen molar-refractivity contribution in [2.75, 3.05) is 0 Å². The van der Waals surface area contributed by atoms with E-state index in [0.29, 0.717) is 17.5 Å². The van der Waals surface area contributed by atoms with Crippen LogP contribution < -0.4 is 0 Å². The van der Waals surface area contributed by atoms with Crippen molar-refractivity contribution in [2.24, 2.45) is 0 Å². The van der Waals surface area contributed by atoms with Crippen LogP contribution in [0.3, 0.4) is 0 Å². The highest BCUT2D eigenvalue weighted by Crippen LogP contribution is 2.42. The number of aromatic nitrogens is 3. The molecule has 0 saturated carbocycles. The van der Waals surface area contributed by atoms with Gasteiger partial charge in [0, 0.05) is 38.2 Å². The van der Waals surface area contributed by atoms with Crippen LogP contribution in [0.25, 0.3) is 121 Å². The Morgan fingerprint density at radius 3 is 1.50 bits per heavy atom. The zero-order chi connectivity index (χ0) is 36.7. The summed E-state index contributed by atoms with van der Waals surface area (Å²) in [6, 6.07) is 61.1. The maximum Gasteiger partial charge on any atom is 0.164 e. The first-order valence-corrected chi connectivity index (χ1v) is 18.8. The predicted molar refractivity (Wildman–Crippen MR) is 229 cm³/mol. The van der Waals surface area contributed by atoms with Crippen molar-refractivity contribution in [3.63, 3.8) is 0 Å². The molecule has 0 aliphatic rings. The Bertz CT molecular complexity index is 3510. The summed E-state index contributed by atoms with van der Waals surface area (Å²) >= 11 is 0. The molecule has 5 nitrogen and oxygen atoms in total. The molecule has 0 aliphatic carbocycles. The molecule has 12 rings (SSSR count). The van der Waals surface area contributed by atoms with Crippen molar-refractivity contribution in [1.82, 2.24) is 15.0 Å². The van der Waals surface area contributed by atoms with Crippen LogP contribution in [0.2, 0.25) is 0 Å². The third-order valence-electron chi connectivity index (χ3n) is 11.1. The lowest BCUT2D eigenvalue weighted by Crippen LogP contribution is -2.00. The van der Waals surface area contributed by atoms with Gasteiger partial charge in [-0.15, -0.1) is 0 Å². The van der Waals surface area contributed by atoms with Gasteiger partial charge in [0.05, 0.1) is 0 Å². The first-order valence-electron chi connectivity index (χ1n) is 18.8. The minimum absolute atomic E-state index is 0.574. The molecule has 9 aromatic carbocycles. The lowest BCUT2D eigenvalue weighted by molar-refractivity contribution is 0.668. The van der Waals surface area contributed by atoms with E-state index in [9.17, 15) is 0 Å². The lowest BCUT2D eigenvalue weighted by atomic mass is 9.91. The third kappa shape index (κ3) is 4.71. The van der Waals surface area contributed by atoms with Crippen molar-refractivity contribution in [3.05, 3.63) is 176 Å². The molecule has 3 aromatic heterocycles. The van der Waals surface area contributed by atoms with E-state index in [4.69, 9.17) is 23.8 Å². The normalized spacial score (nSPS) is 11.9. The molecule has 0 spiro atoms. The maximum absolute atomic E-state index is 6.51. The fourth-order valence-corrected chi connectivity index (χ4v) is 8.50. The molecule has 0 atom stereocenters. The second-order valence-electron chi connectivity index (χ2n) is 14.3. The third-order valence-corrected chi connectivity index (χ3v) is 11.1. The molecular weight excluding hydrogens is 687 g/mol. The quantitative estimate of drug-likeness (QED) is 0.170. The Kier molecular flexibility index (Phi) is 6.56. The Morgan fingerprint density at radius 2 is 0.750 bits per heavy atom. The Morgan fingerprint density at radius 1 is 0.268 bits per heavy atom. The molecule has 0 fully saturated rings. The van der Waals surface area contributed by atoms with Gasteiger partial charge >= 0.3 is 0 Å². The van der Waals surface area contributed by atoms with Crippen LogP contribution in [0, 0.1) is 0 Å². The zero-order valence-electron chi connectivity index (χ0n) is 29.9. The SMILES string of the molecule is c1ccc(-c2nc(-c3ccc4c(c3)oc3ccccc34)nc(-c3ccc4oc5cccc(-c6ccc7c8ccccc8c8ccccc8c7c6)c5c4c3)n2)cc1. The van der Waals surface area contributed by atoms with Crippen LogP contribution in [0.4, 0.5) is 0 Å². The molecule has 0 saturated heterocycles. The summed E-state index contributed by atoms with van der Waals surface area (Å²) in [5.74, 6) is 1.75. The van der Waals surface area contributed by atoms with E-state index >= 15 is 0 Å². The van der Waals surface area contributed by atoms with Crippen LogP contribution in [-0.2, 0) is 0 Å². The predicted octanol–water partition coefficient (Wildman–Crippen LogP) is 13.8. The average Bonchev–Trinajstić information content (AvgIpc) is 3.84. The van der Waals surface area contributed by atoms with Crippen LogP contribution in [-0.4, -0.2) is 15.0 Å². The van der Waals surface area contributed by atoms with Crippen molar-refractivity contribution in [1.29, 1.82) is 0 Å². The minimum Gasteiger partial charge on any atom is -0.456 e. The Hall–Kier alpha value is -7.63. The van der Waals surface area contributed by atoms with Gasteiger partial charge in [0.1, 0.15) is 22.3 Å². The highest BCUT2D eigenvalue weighted by molar-refractivity contribution is 6.26. The van der Waals surface area contributed by atoms with E-state index in [0.717, 1.165) is 71.7 Å². The van der Waals surface area contributed by atoms with E-state index in [1.54, 1.807) is 0 Å². The minimum atomic E-state index is 0.574. The molecule has 0 N–H and O–H groups in total. The van der Waals surface area contributed by atoms with Crippen molar-refractivity contribution in [3.8, 4) is 45.3 Å². The topological polar surface area (TPSA) is 65.0 Å². The van der Waals surface area contributed by atoms with E-state index in [1.807, 2.05) is 72.8 Å². The molecule has 56 heavy (non-hydrogen) atoms. The fourth-order valence-electron chi connectivity index (χ4n) is 8.50. The number of hydrogen-bond acceptors (Lipinski definition) is 5. The highest BCUT2D eigenvalue weighted by atomic mass is 16.3. The number of nitrogens with zero attached hydrogens (tertiary/aromatic N) is 3.